The van der Waals surface area contributed by atoms with Gasteiger partial charge < -0.3 is 9.73 Å². The number of hydrogen-bond donors (Lipinski definition) is 1. The first-order valence-corrected chi connectivity index (χ1v) is 8.89. The molecule has 24 heavy (non-hydrogen) atoms. The molecule has 1 N–H and O–H groups in total. The second-order valence-electron chi connectivity index (χ2n) is 7.82. The lowest BCUT2D eigenvalue weighted by Gasteiger charge is -2.38. The van der Waals surface area contributed by atoms with E-state index in [2.05, 4.69) is 10.2 Å². The highest BCUT2D eigenvalue weighted by Crippen LogP contribution is 2.50. The molecular weight excluding hydrogens is 314 g/mol. The van der Waals surface area contributed by atoms with Crippen LogP contribution in [0.2, 0.25) is 0 Å². The first-order valence-electron chi connectivity index (χ1n) is 8.89. The standard InChI is InChI=1S/C18H24F2N2O2/c19-18(20)9-13(10-18)21-16(23)15-4-1-5-17(15)6-7-22(12-17)11-14-3-2-8-24-14/h2-3,8,13,15H,1,4-7,9-12H2,(H,21,23)/t15-,17+/m1/s1. The third-order valence-corrected chi connectivity index (χ3v) is 6.08. The van der Waals surface area contributed by atoms with Gasteiger partial charge in [-0.15, -0.1) is 0 Å². The SMILES string of the molecule is O=C(NC1CC(F)(F)C1)[C@H]1CCC[C@@]12CCN(Cc1ccco1)C2. The number of carbonyl (C=O) groups is 1. The van der Waals surface area contributed by atoms with E-state index in [9.17, 15) is 13.6 Å². The lowest BCUT2D eigenvalue weighted by molar-refractivity contribution is -0.135. The molecule has 4 nitrogen and oxygen atoms in total. The molecule has 4 rings (SSSR count). The fourth-order valence-electron chi connectivity index (χ4n) is 4.84. The van der Waals surface area contributed by atoms with Crippen LogP contribution in [0.3, 0.4) is 0 Å². The number of likely N-dealkylation sites (tertiary alicyclic amines) is 1. The Balaban J connectivity index is 1.37. The molecule has 0 unspecified atom stereocenters. The summed E-state index contributed by atoms with van der Waals surface area (Å²) in [6.07, 6.45) is 5.26. The van der Waals surface area contributed by atoms with E-state index in [4.69, 9.17) is 4.42 Å². The van der Waals surface area contributed by atoms with Gasteiger partial charge >= 0.3 is 0 Å². The van der Waals surface area contributed by atoms with E-state index in [1.807, 2.05) is 12.1 Å². The Hall–Kier alpha value is -1.43. The van der Waals surface area contributed by atoms with Crippen LogP contribution in [-0.4, -0.2) is 35.9 Å². The molecule has 2 heterocycles. The van der Waals surface area contributed by atoms with Crippen LogP contribution in [0.5, 0.6) is 0 Å². The summed E-state index contributed by atoms with van der Waals surface area (Å²) in [5.41, 5.74) is 0.0168. The fraction of sp³-hybridized carbons (Fsp3) is 0.722. The molecule has 2 atom stereocenters. The molecule has 2 aliphatic carbocycles. The topological polar surface area (TPSA) is 45.5 Å². The molecule has 3 fully saturated rings. The second kappa shape index (κ2) is 5.83. The van der Waals surface area contributed by atoms with Crippen molar-refractivity contribution in [2.75, 3.05) is 13.1 Å². The Kier molecular flexibility index (Phi) is 3.90. The summed E-state index contributed by atoms with van der Waals surface area (Å²) in [4.78, 5) is 15.0. The van der Waals surface area contributed by atoms with Crippen molar-refractivity contribution in [3.63, 3.8) is 0 Å². The van der Waals surface area contributed by atoms with Gasteiger partial charge in [-0.1, -0.05) is 6.42 Å². The van der Waals surface area contributed by atoms with Gasteiger partial charge in [0.1, 0.15) is 5.76 Å². The van der Waals surface area contributed by atoms with E-state index in [1.165, 1.54) is 0 Å². The molecule has 1 aromatic rings. The Morgan fingerprint density at radius 3 is 2.92 bits per heavy atom. The van der Waals surface area contributed by atoms with Crippen LogP contribution in [0.4, 0.5) is 8.78 Å². The Morgan fingerprint density at radius 1 is 1.38 bits per heavy atom. The zero-order chi connectivity index (χ0) is 16.8. The van der Waals surface area contributed by atoms with Crippen molar-refractivity contribution in [2.45, 2.75) is 57.0 Å². The number of nitrogens with one attached hydrogen (secondary N) is 1. The normalized spacial score (nSPS) is 33.0. The van der Waals surface area contributed by atoms with Crippen LogP contribution in [0, 0.1) is 11.3 Å². The van der Waals surface area contributed by atoms with E-state index in [-0.39, 0.29) is 36.1 Å². The van der Waals surface area contributed by atoms with Gasteiger partial charge in [-0.2, -0.15) is 0 Å². The average Bonchev–Trinajstić information content (AvgIpc) is 3.20. The minimum absolute atomic E-state index is 0.00662. The molecule has 1 amide bonds. The lowest BCUT2D eigenvalue weighted by atomic mass is 9.76. The van der Waals surface area contributed by atoms with Gasteiger partial charge in [0.2, 0.25) is 5.91 Å². The maximum absolute atomic E-state index is 13.0. The van der Waals surface area contributed by atoms with Gasteiger partial charge in [0.25, 0.3) is 5.92 Å². The monoisotopic (exact) mass is 338 g/mol. The lowest BCUT2D eigenvalue weighted by Crippen LogP contribution is -2.53. The Bertz CT molecular complexity index is 596. The molecule has 1 aliphatic heterocycles. The zero-order valence-corrected chi connectivity index (χ0v) is 13.8. The zero-order valence-electron chi connectivity index (χ0n) is 13.8. The molecule has 0 radical (unpaired) electrons. The summed E-state index contributed by atoms with van der Waals surface area (Å²) in [6, 6.07) is 3.52. The van der Waals surface area contributed by atoms with Gasteiger partial charge in [0.05, 0.1) is 12.8 Å². The summed E-state index contributed by atoms with van der Waals surface area (Å²) >= 11 is 0. The molecule has 1 spiro atoms. The van der Waals surface area contributed by atoms with Gasteiger partial charge in [-0.25, -0.2) is 8.78 Å². The molecule has 132 valence electrons. The predicted octanol–water partition coefficient (Wildman–Crippen LogP) is 3.19. The summed E-state index contributed by atoms with van der Waals surface area (Å²) in [5, 5.41) is 2.87. The van der Waals surface area contributed by atoms with E-state index < -0.39 is 5.92 Å². The molecule has 0 aromatic carbocycles. The highest BCUT2D eigenvalue weighted by atomic mass is 19.3. The highest BCUT2D eigenvalue weighted by molar-refractivity contribution is 5.80. The maximum Gasteiger partial charge on any atom is 0.252 e. The molecule has 3 aliphatic rings. The summed E-state index contributed by atoms with van der Waals surface area (Å²) in [6.45, 7) is 2.64. The third kappa shape index (κ3) is 2.96. The number of amides is 1. The van der Waals surface area contributed by atoms with Crippen molar-refractivity contribution >= 4 is 5.91 Å². The number of carbonyl (C=O) groups excluding carboxylic acids is 1. The second-order valence-corrected chi connectivity index (χ2v) is 7.82. The van der Waals surface area contributed by atoms with Crippen molar-refractivity contribution in [1.29, 1.82) is 0 Å². The van der Waals surface area contributed by atoms with Crippen molar-refractivity contribution in [3.05, 3.63) is 24.2 Å². The maximum atomic E-state index is 13.0. The van der Waals surface area contributed by atoms with Crippen LogP contribution >= 0.6 is 0 Å². The quantitative estimate of drug-likeness (QED) is 0.917. The van der Waals surface area contributed by atoms with Crippen molar-refractivity contribution < 1.29 is 18.0 Å². The van der Waals surface area contributed by atoms with Crippen molar-refractivity contribution in [2.24, 2.45) is 11.3 Å². The summed E-state index contributed by atoms with van der Waals surface area (Å²) < 4.78 is 31.4. The van der Waals surface area contributed by atoms with Gasteiger partial charge in [0.15, 0.2) is 0 Å². The van der Waals surface area contributed by atoms with Gasteiger partial charge in [-0.05, 0) is 43.4 Å². The first kappa shape index (κ1) is 16.1. The van der Waals surface area contributed by atoms with Crippen LogP contribution in [0.25, 0.3) is 0 Å². The predicted molar refractivity (Wildman–Crippen MR) is 84.5 cm³/mol. The fourth-order valence-corrected chi connectivity index (χ4v) is 4.84. The van der Waals surface area contributed by atoms with Crippen LogP contribution in [0.1, 0.15) is 44.3 Å². The molecular formula is C18H24F2N2O2. The number of rotatable bonds is 4. The van der Waals surface area contributed by atoms with Crippen molar-refractivity contribution in [1.82, 2.24) is 10.2 Å². The number of alkyl halides is 2. The number of hydrogen-bond acceptors (Lipinski definition) is 3. The summed E-state index contributed by atoms with van der Waals surface area (Å²) in [5.74, 6) is -1.68. The number of nitrogens with zero attached hydrogens (tertiary/aromatic N) is 1. The van der Waals surface area contributed by atoms with E-state index in [1.54, 1.807) is 6.26 Å². The molecule has 1 saturated heterocycles. The van der Waals surface area contributed by atoms with Crippen LogP contribution in [-0.2, 0) is 11.3 Å². The molecule has 1 aromatic heterocycles. The average molecular weight is 338 g/mol. The number of halogens is 2. The first-order chi connectivity index (χ1) is 11.5. The molecule has 0 bridgehead atoms. The van der Waals surface area contributed by atoms with Crippen LogP contribution in [0.15, 0.2) is 22.8 Å². The largest absolute Gasteiger partial charge is 0.468 e. The van der Waals surface area contributed by atoms with Crippen molar-refractivity contribution in [3.8, 4) is 0 Å². The van der Waals surface area contributed by atoms with E-state index >= 15 is 0 Å². The smallest absolute Gasteiger partial charge is 0.252 e. The van der Waals surface area contributed by atoms with Crippen LogP contribution < -0.4 is 5.32 Å². The molecule has 2 saturated carbocycles. The van der Waals surface area contributed by atoms with Gasteiger partial charge in [0, 0.05) is 31.3 Å². The van der Waals surface area contributed by atoms with E-state index in [0.29, 0.717) is 0 Å². The number of furan rings is 1. The Morgan fingerprint density at radius 2 is 2.21 bits per heavy atom. The summed E-state index contributed by atoms with van der Waals surface area (Å²) in [7, 11) is 0. The van der Waals surface area contributed by atoms with Gasteiger partial charge in [-0.3, -0.25) is 9.69 Å². The highest BCUT2D eigenvalue weighted by Gasteiger charge is 2.52. The minimum atomic E-state index is -2.58. The minimum Gasteiger partial charge on any atom is -0.468 e. The van der Waals surface area contributed by atoms with E-state index in [0.717, 1.165) is 51.1 Å². The molecule has 6 heteroatoms. The Labute approximate surface area is 140 Å². The third-order valence-electron chi connectivity index (χ3n) is 6.08.